The smallest absolute Gasteiger partial charge is 0.260 e. The van der Waals surface area contributed by atoms with Crippen molar-refractivity contribution in [3.63, 3.8) is 0 Å². The number of hydrogen-bond donors (Lipinski definition) is 0. The van der Waals surface area contributed by atoms with Crippen molar-refractivity contribution < 1.29 is 18.0 Å². The van der Waals surface area contributed by atoms with Crippen LogP contribution >= 0.6 is 0 Å². The highest BCUT2D eigenvalue weighted by atomic mass is 19.1. The van der Waals surface area contributed by atoms with Crippen molar-refractivity contribution in [3.8, 4) is 0 Å². The topological polar surface area (TPSA) is 23.6 Å². The molecule has 6 heteroatoms. The van der Waals surface area contributed by atoms with E-state index in [9.17, 15) is 18.0 Å². The number of rotatable bonds is 3. The van der Waals surface area contributed by atoms with Gasteiger partial charge in [-0.15, -0.1) is 0 Å². The van der Waals surface area contributed by atoms with Gasteiger partial charge in [-0.3, -0.25) is 9.69 Å². The Morgan fingerprint density at radius 1 is 1.00 bits per heavy atom. The summed E-state index contributed by atoms with van der Waals surface area (Å²) in [5.41, 5.74) is -1.33. The quantitative estimate of drug-likeness (QED) is 0.812. The molecule has 0 radical (unpaired) electrons. The van der Waals surface area contributed by atoms with E-state index in [4.69, 9.17) is 0 Å². The van der Waals surface area contributed by atoms with Crippen molar-refractivity contribution in [1.29, 1.82) is 0 Å². The first kappa shape index (κ1) is 17.8. The van der Waals surface area contributed by atoms with Gasteiger partial charge in [-0.05, 0) is 69.7 Å². The first-order valence-corrected chi connectivity index (χ1v) is 9.59. The molecule has 3 aliphatic rings. The van der Waals surface area contributed by atoms with E-state index in [-0.39, 0.29) is 17.3 Å². The van der Waals surface area contributed by atoms with Gasteiger partial charge in [0.1, 0.15) is 11.6 Å². The van der Waals surface area contributed by atoms with Gasteiger partial charge < -0.3 is 4.90 Å². The average molecular weight is 366 g/mol. The summed E-state index contributed by atoms with van der Waals surface area (Å²) < 4.78 is 41.7. The molecule has 0 aromatic heterocycles. The molecule has 1 spiro atoms. The van der Waals surface area contributed by atoms with Crippen LogP contribution in [0.3, 0.4) is 0 Å². The number of amides is 1. The van der Waals surface area contributed by atoms with Gasteiger partial charge in [0.05, 0.1) is 0 Å². The number of hydrogen-bond acceptors (Lipinski definition) is 2. The molecule has 1 aliphatic carbocycles. The van der Waals surface area contributed by atoms with Crippen LogP contribution in [0.5, 0.6) is 0 Å². The second-order valence-corrected chi connectivity index (χ2v) is 8.10. The maximum atomic E-state index is 14.1. The molecular weight excluding hydrogens is 341 g/mol. The van der Waals surface area contributed by atoms with Gasteiger partial charge in [0.15, 0.2) is 5.67 Å². The summed E-state index contributed by atoms with van der Waals surface area (Å²) in [6.45, 7) is 2.36. The van der Waals surface area contributed by atoms with Crippen LogP contribution in [-0.4, -0.2) is 46.5 Å². The van der Waals surface area contributed by atoms with Gasteiger partial charge in [0.25, 0.3) is 5.91 Å². The van der Waals surface area contributed by atoms with Crippen LogP contribution in [0.2, 0.25) is 0 Å². The zero-order valence-electron chi connectivity index (χ0n) is 14.9. The minimum Gasteiger partial charge on any atom is -0.340 e. The van der Waals surface area contributed by atoms with Gasteiger partial charge in [0, 0.05) is 30.7 Å². The van der Waals surface area contributed by atoms with E-state index >= 15 is 0 Å². The van der Waals surface area contributed by atoms with Crippen LogP contribution in [0.15, 0.2) is 18.2 Å². The summed E-state index contributed by atoms with van der Waals surface area (Å²) in [6, 6.07) is 3.59. The lowest BCUT2D eigenvalue weighted by Gasteiger charge is -2.38. The van der Waals surface area contributed by atoms with Crippen LogP contribution < -0.4 is 0 Å². The zero-order valence-corrected chi connectivity index (χ0v) is 14.9. The summed E-state index contributed by atoms with van der Waals surface area (Å²) in [5.74, 6) is -1.16. The molecule has 1 aromatic rings. The molecule has 1 aromatic carbocycles. The maximum Gasteiger partial charge on any atom is 0.260 e. The lowest BCUT2D eigenvalue weighted by atomic mass is 9.87. The van der Waals surface area contributed by atoms with Crippen molar-refractivity contribution in [2.45, 2.75) is 62.7 Å². The predicted molar refractivity (Wildman–Crippen MR) is 92.2 cm³/mol. The Hall–Kier alpha value is -1.56. The van der Waals surface area contributed by atoms with Gasteiger partial charge in [0.2, 0.25) is 0 Å². The second kappa shape index (κ2) is 6.55. The number of alkyl halides is 1. The minimum atomic E-state index is -1.61. The third-order valence-electron chi connectivity index (χ3n) is 6.39. The monoisotopic (exact) mass is 366 g/mol. The summed E-state index contributed by atoms with van der Waals surface area (Å²) in [4.78, 5) is 16.3. The standard InChI is InChI=1S/C20H25F3N2O/c21-16-3-4-17(22)15(13-16)14-25-11-2-6-19(25)5-1-10-24(12-9-19)18(26)20(23)7-8-20/h3-4,13H,1-2,5-12,14H2. The summed E-state index contributed by atoms with van der Waals surface area (Å²) in [6.07, 6.45) is 5.20. The fourth-order valence-electron chi connectivity index (χ4n) is 4.67. The minimum absolute atomic E-state index is 0.0964. The van der Waals surface area contributed by atoms with Crippen molar-refractivity contribution in [1.82, 2.24) is 9.80 Å². The van der Waals surface area contributed by atoms with Gasteiger partial charge in [-0.25, -0.2) is 13.2 Å². The Bertz CT molecular complexity index is 706. The highest BCUT2D eigenvalue weighted by Crippen LogP contribution is 2.44. The van der Waals surface area contributed by atoms with E-state index in [1.807, 2.05) is 0 Å². The van der Waals surface area contributed by atoms with Crippen LogP contribution in [0.1, 0.15) is 50.5 Å². The molecule has 1 unspecified atom stereocenters. The number of carbonyl (C=O) groups is 1. The van der Waals surface area contributed by atoms with Crippen LogP contribution in [0, 0.1) is 11.6 Å². The normalized spacial score (nSPS) is 28.3. The van der Waals surface area contributed by atoms with Crippen LogP contribution in [0.4, 0.5) is 13.2 Å². The van der Waals surface area contributed by atoms with E-state index in [1.165, 1.54) is 12.1 Å². The number of benzene rings is 1. The first-order valence-electron chi connectivity index (χ1n) is 9.59. The highest BCUT2D eigenvalue weighted by Gasteiger charge is 2.53. The molecule has 142 valence electrons. The van der Waals surface area contributed by atoms with E-state index in [2.05, 4.69) is 4.90 Å². The van der Waals surface area contributed by atoms with E-state index in [1.54, 1.807) is 4.90 Å². The van der Waals surface area contributed by atoms with Crippen molar-refractivity contribution in [2.75, 3.05) is 19.6 Å². The Kier molecular flexibility index (Phi) is 4.49. The van der Waals surface area contributed by atoms with Gasteiger partial charge in [-0.1, -0.05) is 0 Å². The molecule has 1 saturated carbocycles. The molecule has 0 bridgehead atoms. The van der Waals surface area contributed by atoms with Crippen LogP contribution in [0.25, 0.3) is 0 Å². The lowest BCUT2D eigenvalue weighted by Crippen LogP contribution is -2.45. The molecule has 26 heavy (non-hydrogen) atoms. The molecule has 3 fully saturated rings. The number of halogens is 3. The Morgan fingerprint density at radius 2 is 1.73 bits per heavy atom. The molecule has 4 rings (SSSR count). The molecule has 1 atom stereocenters. The predicted octanol–water partition coefficient (Wildman–Crippen LogP) is 3.81. The highest BCUT2D eigenvalue weighted by molar-refractivity contribution is 5.88. The SMILES string of the molecule is O=C(N1CCCC2(CCCN2Cc2cc(F)ccc2F)CC1)C1(F)CC1. The molecule has 2 heterocycles. The fraction of sp³-hybridized carbons (Fsp3) is 0.650. The molecule has 2 saturated heterocycles. The van der Waals surface area contributed by atoms with Crippen molar-refractivity contribution in [2.24, 2.45) is 0 Å². The lowest BCUT2D eigenvalue weighted by molar-refractivity contribution is -0.138. The average Bonchev–Trinajstić information content (AvgIpc) is 3.30. The van der Waals surface area contributed by atoms with Crippen molar-refractivity contribution in [3.05, 3.63) is 35.4 Å². The van der Waals surface area contributed by atoms with Crippen molar-refractivity contribution >= 4 is 5.91 Å². The number of likely N-dealkylation sites (tertiary alicyclic amines) is 2. The summed E-state index contributed by atoms with van der Waals surface area (Å²) in [7, 11) is 0. The van der Waals surface area contributed by atoms with Gasteiger partial charge >= 0.3 is 0 Å². The molecule has 1 amide bonds. The number of carbonyl (C=O) groups excluding carboxylic acids is 1. The largest absolute Gasteiger partial charge is 0.340 e. The molecule has 0 N–H and O–H groups in total. The third-order valence-corrected chi connectivity index (χ3v) is 6.39. The van der Waals surface area contributed by atoms with Gasteiger partial charge in [-0.2, -0.15) is 0 Å². The number of nitrogens with zero attached hydrogens (tertiary/aromatic N) is 2. The van der Waals surface area contributed by atoms with E-state index in [0.29, 0.717) is 38.0 Å². The van der Waals surface area contributed by atoms with E-state index in [0.717, 1.165) is 44.7 Å². The zero-order chi connectivity index (χ0) is 18.4. The Balaban J connectivity index is 1.48. The first-order chi connectivity index (χ1) is 12.4. The summed E-state index contributed by atoms with van der Waals surface area (Å²) in [5, 5.41) is 0. The fourth-order valence-corrected chi connectivity index (χ4v) is 4.67. The molecule has 3 nitrogen and oxygen atoms in total. The second-order valence-electron chi connectivity index (χ2n) is 8.10. The maximum absolute atomic E-state index is 14.1. The summed E-state index contributed by atoms with van der Waals surface area (Å²) >= 11 is 0. The van der Waals surface area contributed by atoms with E-state index < -0.39 is 11.5 Å². The Morgan fingerprint density at radius 3 is 2.46 bits per heavy atom. The molecule has 2 aliphatic heterocycles. The third kappa shape index (κ3) is 3.24. The molecular formula is C20H25F3N2O. The van der Waals surface area contributed by atoms with Crippen LogP contribution in [-0.2, 0) is 11.3 Å². The Labute approximate surface area is 152 Å².